The first-order valence-electron chi connectivity index (χ1n) is 7.97. The van der Waals surface area contributed by atoms with Gasteiger partial charge < -0.3 is 0 Å². The van der Waals surface area contributed by atoms with E-state index in [2.05, 4.69) is 15.5 Å². The molecule has 1 aliphatic carbocycles. The molecule has 24 heavy (non-hydrogen) atoms. The van der Waals surface area contributed by atoms with Gasteiger partial charge in [0.25, 0.3) is 11.5 Å². The molecule has 0 bridgehead atoms. The van der Waals surface area contributed by atoms with Gasteiger partial charge in [0, 0.05) is 17.6 Å². The predicted octanol–water partition coefficient (Wildman–Crippen LogP) is 1.86. The zero-order valence-corrected chi connectivity index (χ0v) is 14.3. The van der Waals surface area contributed by atoms with Gasteiger partial charge in [0.2, 0.25) is 0 Å². The van der Waals surface area contributed by atoms with Gasteiger partial charge in [-0.15, -0.1) is 11.3 Å². The molecule has 1 aliphatic rings. The van der Waals surface area contributed by atoms with Crippen LogP contribution in [0.25, 0.3) is 10.2 Å². The molecule has 3 aromatic heterocycles. The minimum atomic E-state index is -0.416. The Morgan fingerprint density at radius 1 is 1.42 bits per heavy atom. The number of aromatic nitrogens is 4. The van der Waals surface area contributed by atoms with Crippen LogP contribution in [0, 0.1) is 6.92 Å². The molecule has 0 atom stereocenters. The largest absolute Gasteiger partial charge is 0.290 e. The van der Waals surface area contributed by atoms with Crippen LogP contribution in [0.1, 0.15) is 40.1 Å². The zero-order valence-electron chi connectivity index (χ0n) is 13.5. The molecule has 0 spiro atoms. The molecule has 0 unspecified atom stereocenters. The Morgan fingerprint density at radius 2 is 2.25 bits per heavy atom. The minimum absolute atomic E-state index is 0.208. The van der Waals surface area contributed by atoms with Crippen molar-refractivity contribution in [2.45, 2.75) is 39.7 Å². The van der Waals surface area contributed by atoms with E-state index in [1.54, 1.807) is 35.2 Å². The van der Waals surface area contributed by atoms with E-state index < -0.39 is 5.91 Å². The summed E-state index contributed by atoms with van der Waals surface area (Å²) in [6, 6.07) is 1.63. The molecule has 0 aliphatic heterocycles. The van der Waals surface area contributed by atoms with E-state index in [1.807, 2.05) is 6.92 Å². The second-order valence-corrected chi connectivity index (χ2v) is 6.92. The fourth-order valence-electron chi connectivity index (χ4n) is 3.09. The summed E-state index contributed by atoms with van der Waals surface area (Å²) in [7, 11) is 0. The fraction of sp³-hybridized carbons (Fsp3) is 0.375. The average molecular weight is 343 g/mol. The van der Waals surface area contributed by atoms with Crippen molar-refractivity contribution in [1.82, 2.24) is 19.4 Å². The van der Waals surface area contributed by atoms with Crippen molar-refractivity contribution in [3.05, 3.63) is 44.6 Å². The smallest absolute Gasteiger partial charge is 0.272 e. The molecule has 0 aromatic carbocycles. The van der Waals surface area contributed by atoms with Crippen molar-refractivity contribution in [2.24, 2.45) is 0 Å². The van der Waals surface area contributed by atoms with Gasteiger partial charge in [-0.2, -0.15) is 5.10 Å². The number of hydrogen-bond donors (Lipinski definition) is 1. The monoisotopic (exact) mass is 343 g/mol. The summed E-state index contributed by atoms with van der Waals surface area (Å²) in [6.07, 6.45) is 4.73. The highest BCUT2D eigenvalue weighted by atomic mass is 32.1. The number of nitrogens with zero attached hydrogens (tertiary/aromatic N) is 4. The number of aryl methyl sites for hydroxylation is 4. The highest BCUT2D eigenvalue weighted by Crippen LogP contribution is 2.34. The molecular formula is C16H17N5O2S. The number of amides is 1. The summed E-state index contributed by atoms with van der Waals surface area (Å²) >= 11 is 1.59. The summed E-state index contributed by atoms with van der Waals surface area (Å²) in [6.45, 7) is 4.34. The van der Waals surface area contributed by atoms with E-state index in [1.165, 1.54) is 9.55 Å². The van der Waals surface area contributed by atoms with Crippen molar-refractivity contribution in [2.75, 3.05) is 5.43 Å². The van der Waals surface area contributed by atoms with Gasteiger partial charge >= 0.3 is 0 Å². The van der Waals surface area contributed by atoms with Crippen LogP contribution in [0.5, 0.6) is 0 Å². The SMILES string of the molecule is CCn1ccc(C(=O)Nn2c(C)nc3sc4c(c3c2=O)CCC4)n1. The molecule has 0 saturated carbocycles. The third-order valence-electron chi connectivity index (χ3n) is 4.32. The number of hydrogen-bond acceptors (Lipinski definition) is 5. The van der Waals surface area contributed by atoms with Crippen LogP contribution in [0.4, 0.5) is 0 Å². The van der Waals surface area contributed by atoms with Crippen LogP contribution >= 0.6 is 11.3 Å². The van der Waals surface area contributed by atoms with E-state index in [9.17, 15) is 9.59 Å². The number of thiophene rings is 1. The molecule has 1 amide bonds. The molecule has 0 fully saturated rings. The van der Waals surface area contributed by atoms with E-state index in [0.29, 0.717) is 17.8 Å². The molecule has 1 N–H and O–H groups in total. The average Bonchev–Trinajstić information content (AvgIpc) is 3.25. The quantitative estimate of drug-likeness (QED) is 0.787. The Hall–Kier alpha value is -2.48. The lowest BCUT2D eigenvalue weighted by molar-refractivity contribution is 0.100. The van der Waals surface area contributed by atoms with Crippen molar-refractivity contribution in [3.63, 3.8) is 0 Å². The zero-order chi connectivity index (χ0) is 16.8. The molecule has 7 nitrogen and oxygen atoms in total. The normalized spacial score (nSPS) is 13.4. The maximum atomic E-state index is 12.9. The van der Waals surface area contributed by atoms with Crippen molar-refractivity contribution in [1.29, 1.82) is 0 Å². The van der Waals surface area contributed by atoms with Crippen molar-refractivity contribution in [3.8, 4) is 0 Å². The van der Waals surface area contributed by atoms with Crippen LogP contribution in [0.2, 0.25) is 0 Å². The van der Waals surface area contributed by atoms with Gasteiger partial charge in [-0.05, 0) is 44.7 Å². The molecule has 0 radical (unpaired) electrons. The summed E-state index contributed by atoms with van der Waals surface area (Å²) in [5.41, 5.74) is 3.81. The number of carbonyl (C=O) groups is 1. The molecular weight excluding hydrogens is 326 g/mol. The summed E-state index contributed by atoms with van der Waals surface area (Å²) < 4.78 is 2.90. The van der Waals surface area contributed by atoms with E-state index >= 15 is 0 Å². The Kier molecular flexibility index (Phi) is 3.49. The first-order valence-corrected chi connectivity index (χ1v) is 8.79. The minimum Gasteiger partial charge on any atom is -0.272 e. The lowest BCUT2D eigenvalue weighted by atomic mass is 10.2. The fourth-order valence-corrected chi connectivity index (χ4v) is 4.39. The van der Waals surface area contributed by atoms with Crippen LogP contribution in [-0.2, 0) is 19.4 Å². The number of carbonyl (C=O) groups excluding carboxylic acids is 1. The molecule has 3 heterocycles. The summed E-state index contributed by atoms with van der Waals surface area (Å²) in [4.78, 5) is 31.8. The van der Waals surface area contributed by atoms with Gasteiger partial charge in [0.05, 0.1) is 5.39 Å². The first-order chi connectivity index (χ1) is 11.6. The van der Waals surface area contributed by atoms with E-state index in [4.69, 9.17) is 0 Å². The summed E-state index contributed by atoms with van der Waals surface area (Å²) in [5, 5.41) is 4.82. The highest BCUT2D eigenvalue weighted by Gasteiger charge is 2.23. The Labute approximate surface area is 141 Å². The van der Waals surface area contributed by atoms with Crippen molar-refractivity contribution >= 4 is 27.5 Å². The van der Waals surface area contributed by atoms with Crippen LogP contribution < -0.4 is 11.0 Å². The molecule has 3 aromatic rings. The molecule has 8 heteroatoms. The Morgan fingerprint density at radius 3 is 3.00 bits per heavy atom. The molecule has 0 saturated heterocycles. The number of rotatable bonds is 3. The van der Waals surface area contributed by atoms with E-state index in [-0.39, 0.29) is 11.3 Å². The second-order valence-electron chi connectivity index (χ2n) is 5.83. The van der Waals surface area contributed by atoms with Gasteiger partial charge in [-0.25, -0.2) is 9.66 Å². The third-order valence-corrected chi connectivity index (χ3v) is 5.50. The van der Waals surface area contributed by atoms with Gasteiger partial charge in [0.1, 0.15) is 10.7 Å². The lowest BCUT2D eigenvalue weighted by Crippen LogP contribution is -2.35. The highest BCUT2D eigenvalue weighted by molar-refractivity contribution is 7.18. The number of fused-ring (bicyclic) bond motifs is 3. The second kappa shape index (κ2) is 5.55. The van der Waals surface area contributed by atoms with E-state index in [0.717, 1.165) is 29.7 Å². The standard InChI is InChI=1S/C16H17N5O2S/c1-3-20-8-7-11(18-20)14(22)19-21-9(2)17-15-13(16(21)23)10-5-4-6-12(10)24-15/h7-8H,3-6H2,1-2H3,(H,19,22). The van der Waals surface area contributed by atoms with Gasteiger partial charge in [-0.3, -0.25) is 19.7 Å². The predicted molar refractivity (Wildman–Crippen MR) is 92.2 cm³/mol. The van der Waals surface area contributed by atoms with Crippen LogP contribution in [0.3, 0.4) is 0 Å². The van der Waals surface area contributed by atoms with Crippen LogP contribution in [0.15, 0.2) is 17.1 Å². The summed E-state index contributed by atoms with van der Waals surface area (Å²) in [5.74, 6) is 0.0520. The maximum Gasteiger partial charge on any atom is 0.290 e. The first kappa shape index (κ1) is 15.1. The molecule has 4 rings (SSSR count). The third kappa shape index (κ3) is 2.25. The molecule has 124 valence electrons. The lowest BCUT2D eigenvalue weighted by Gasteiger charge is -2.10. The maximum absolute atomic E-state index is 12.9. The van der Waals surface area contributed by atoms with Gasteiger partial charge in [0.15, 0.2) is 5.69 Å². The van der Waals surface area contributed by atoms with Crippen LogP contribution in [-0.4, -0.2) is 25.3 Å². The topological polar surface area (TPSA) is 81.8 Å². The van der Waals surface area contributed by atoms with Crippen molar-refractivity contribution < 1.29 is 4.79 Å². The van der Waals surface area contributed by atoms with Gasteiger partial charge in [-0.1, -0.05) is 0 Å². The Bertz CT molecular complexity index is 1010. The Balaban J connectivity index is 1.76. The number of nitrogens with one attached hydrogen (secondary N) is 1.